The van der Waals surface area contributed by atoms with Crippen LogP contribution < -0.4 is 11.5 Å². The number of carbonyl (C=O) groups is 2. The molecule has 138 valence electrons. The van der Waals surface area contributed by atoms with E-state index in [9.17, 15) is 9.59 Å². The second-order valence-electron chi connectivity index (χ2n) is 5.88. The number of carboxylic acids is 2. The molecule has 0 aliphatic carbocycles. The van der Waals surface area contributed by atoms with Gasteiger partial charge in [0.05, 0.1) is 11.8 Å². The largest absolute Gasteiger partial charge is 0.481 e. The first-order valence-electron chi connectivity index (χ1n) is 7.79. The van der Waals surface area contributed by atoms with E-state index in [2.05, 4.69) is 0 Å². The van der Waals surface area contributed by atoms with Gasteiger partial charge in [0.2, 0.25) is 0 Å². The zero-order chi connectivity index (χ0) is 19.4. The van der Waals surface area contributed by atoms with E-state index in [1.54, 1.807) is 50.2 Å². The highest BCUT2D eigenvalue weighted by atomic mass is 33.1. The van der Waals surface area contributed by atoms with Crippen LogP contribution in [0.3, 0.4) is 0 Å². The smallest absolute Gasteiger partial charge is 0.310 e. The maximum Gasteiger partial charge on any atom is 0.310 e. The minimum absolute atomic E-state index is 0.503. The third kappa shape index (κ3) is 4.64. The topological polar surface area (TPSA) is 127 Å². The highest BCUT2D eigenvalue weighted by Gasteiger charge is 2.16. The molecule has 0 aliphatic heterocycles. The first-order valence-corrected chi connectivity index (χ1v) is 9.94. The van der Waals surface area contributed by atoms with Crippen molar-refractivity contribution in [3.8, 4) is 0 Å². The third-order valence-corrected chi connectivity index (χ3v) is 6.54. The maximum atomic E-state index is 11.1. The Morgan fingerprint density at radius 3 is 1.42 bits per heavy atom. The number of nitrogens with two attached hydrogens (primary N) is 2. The molecule has 2 aromatic rings. The standard InChI is InChI=1S/C18H20N2O4S2/c1-9(17(21)22)11-3-5-15(13(19)7-11)25-26-16-6-4-12(8-14(16)20)10(2)18(23)24/h3-10H,19-20H2,1-2H3,(H,21,22)(H,23,24)/t9-,10-/m0/s1. The van der Waals surface area contributed by atoms with Crippen molar-refractivity contribution >= 4 is 44.9 Å². The van der Waals surface area contributed by atoms with Gasteiger partial charge in [-0.3, -0.25) is 9.59 Å². The van der Waals surface area contributed by atoms with Crippen LogP contribution in [0, 0.1) is 0 Å². The van der Waals surface area contributed by atoms with Crippen molar-refractivity contribution in [2.45, 2.75) is 35.5 Å². The zero-order valence-electron chi connectivity index (χ0n) is 14.3. The summed E-state index contributed by atoms with van der Waals surface area (Å²) in [6.45, 7) is 3.22. The Bertz CT molecular complexity index is 772. The summed E-state index contributed by atoms with van der Waals surface area (Å²) >= 11 is 0. The molecule has 0 amide bonds. The lowest BCUT2D eigenvalue weighted by molar-refractivity contribution is -0.139. The molecule has 0 aromatic heterocycles. The summed E-state index contributed by atoms with van der Waals surface area (Å²) in [5.74, 6) is -3.04. The molecule has 0 spiro atoms. The number of nitrogen functional groups attached to an aromatic ring is 2. The quantitative estimate of drug-likeness (QED) is 0.411. The lowest BCUT2D eigenvalue weighted by Crippen LogP contribution is -2.08. The van der Waals surface area contributed by atoms with E-state index in [0.29, 0.717) is 22.5 Å². The Morgan fingerprint density at radius 1 is 0.808 bits per heavy atom. The molecule has 0 fully saturated rings. The summed E-state index contributed by atoms with van der Waals surface area (Å²) in [7, 11) is 2.82. The second-order valence-corrected chi connectivity index (χ2v) is 8.09. The highest BCUT2D eigenvalue weighted by Crippen LogP contribution is 2.43. The van der Waals surface area contributed by atoms with Gasteiger partial charge in [-0.15, -0.1) is 0 Å². The van der Waals surface area contributed by atoms with E-state index in [4.69, 9.17) is 21.7 Å². The van der Waals surface area contributed by atoms with Crippen molar-refractivity contribution in [3.05, 3.63) is 47.5 Å². The van der Waals surface area contributed by atoms with Gasteiger partial charge in [-0.2, -0.15) is 0 Å². The van der Waals surface area contributed by atoms with Crippen molar-refractivity contribution in [1.29, 1.82) is 0 Å². The zero-order valence-corrected chi connectivity index (χ0v) is 15.9. The SMILES string of the molecule is C[C@H](C(=O)O)c1ccc(SSc2ccc([C@H](C)C(=O)O)cc2N)c(N)c1. The number of hydrogen-bond acceptors (Lipinski definition) is 6. The Kier molecular flexibility index (Phi) is 6.44. The average Bonchev–Trinajstić information content (AvgIpc) is 2.59. The molecule has 2 rings (SSSR count). The van der Waals surface area contributed by atoms with Crippen molar-refractivity contribution in [3.63, 3.8) is 0 Å². The molecule has 0 unspecified atom stereocenters. The second kappa shape index (κ2) is 8.37. The Balaban J connectivity index is 2.11. The van der Waals surface area contributed by atoms with Crippen LogP contribution in [0.1, 0.15) is 36.8 Å². The summed E-state index contributed by atoms with van der Waals surface area (Å²) in [5.41, 5.74) is 14.4. The fraction of sp³-hybridized carbons (Fsp3) is 0.222. The molecule has 2 atom stereocenters. The average molecular weight is 393 g/mol. The van der Waals surface area contributed by atoms with E-state index >= 15 is 0 Å². The van der Waals surface area contributed by atoms with Crippen LogP contribution in [-0.4, -0.2) is 22.2 Å². The Morgan fingerprint density at radius 2 is 1.15 bits per heavy atom. The van der Waals surface area contributed by atoms with Crippen LogP contribution in [-0.2, 0) is 9.59 Å². The van der Waals surface area contributed by atoms with Crippen molar-refractivity contribution in [2.75, 3.05) is 11.5 Å². The fourth-order valence-corrected chi connectivity index (χ4v) is 4.39. The first kappa shape index (κ1) is 20.0. The molecule has 0 bridgehead atoms. The molecular formula is C18H20N2O4S2. The number of anilines is 2. The predicted octanol–water partition coefficient (Wildman–Crippen LogP) is 4.03. The van der Waals surface area contributed by atoms with E-state index in [1.165, 1.54) is 21.6 Å². The van der Waals surface area contributed by atoms with Gasteiger partial charge in [0.1, 0.15) is 0 Å². The molecule has 6 N–H and O–H groups in total. The van der Waals surface area contributed by atoms with Gasteiger partial charge in [-0.1, -0.05) is 33.7 Å². The summed E-state index contributed by atoms with van der Waals surface area (Å²) < 4.78 is 0. The monoisotopic (exact) mass is 392 g/mol. The van der Waals surface area contributed by atoms with Gasteiger partial charge < -0.3 is 21.7 Å². The molecule has 0 heterocycles. The molecule has 0 aliphatic rings. The van der Waals surface area contributed by atoms with E-state index < -0.39 is 23.8 Å². The maximum absolute atomic E-state index is 11.1. The molecule has 0 saturated carbocycles. The lowest BCUT2D eigenvalue weighted by atomic mass is 10.0. The minimum Gasteiger partial charge on any atom is -0.481 e. The predicted molar refractivity (Wildman–Crippen MR) is 106 cm³/mol. The van der Waals surface area contributed by atoms with Crippen LogP contribution >= 0.6 is 21.6 Å². The summed E-state index contributed by atoms with van der Waals surface area (Å²) in [6, 6.07) is 10.4. The van der Waals surface area contributed by atoms with Crippen LogP contribution in [0.4, 0.5) is 11.4 Å². The minimum atomic E-state index is -0.900. The Hall–Kier alpha value is -2.32. The third-order valence-electron chi connectivity index (χ3n) is 4.03. The van der Waals surface area contributed by atoms with E-state index in [-0.39, 0.29) is 0 Å². The van der Waals surface area contributed by atoms with Gasteiger partial charge in [-0.05, 0) is 49.2 Å². The normalized spacial score (nSPS) is 13.2. The van der Waals surface area contributed by atoms with Gasteiger partial charge in [-0.25, -0.2) is 0 Å². The summed E-state index contributed by atoms with van der Waals surface area (Å²) in [4.78, 5) is 23.7. The van der Waals surface area contributed by atoms with Crippen molar-refractivity contribution in [1.82, 2.24) is 0 Å². The van der Waals surface area contributed by atoms with Gasteiger partial charge >= 0.3 is 11.9 Å². The fourth-order valence-electron chi connectivity index (χ4n) is 2.20. The summed E-state index contributed by atoms with van der Waals surface area (Å²) in [5, 5.41) is 18.1. The van der Waals surface area contributed by atoms with Crippen LogP contribution in [0.25, 0.3) is 0 Å². The number of benzene rings is 2. The van der Waals surface area contributed by atoms with Gasteiger partial charge in [0.15, 0.2) is 0 Å². The Labute approximate surface area is 159 Å². The van der Waals surface area contributed by atoms with Crippen molar-refractivity contribution in [2.24, 2.45) is 0 Å². The highest BCUT2D eigenvalue weighted by molar-refractivity contribution is 8.76. The molecule has 0 saturated heterocycles. The van der Waals surface area contributed by atoms with E-state index in [1.807, 2.05) is 0 Å². The molecule has 6 nitrogen and oxygen atoms in total. The first-order chi connectivity index (χ1) is 12.2. The van der Waals surface area contributed by atoms with Crippen LogP contribution in [0.5, 0.6) is 0 Å². The molecule has 8 heteroatoms. The number of hydrogen-bond donors (Lipinski definition) is 4. The van der Waals surface area contributed by atoms with Crippen LogP contribution in [0.2, 0.25) is 0 Å². The molecule has 0 radical (unpaired) electrons. The number of rotatable bonds is 7. The van der Waals surface area contributed by atoms with Crippen molar-refractivity contribution < 1.29 is 19.8 Å². The number of aliphatic carboxylic acids is 2. The summed E-state index contributed by atoms with van der Waals surface area (Å²) in [6.07, 6.45) is 0. The van der Waals surface area contributed by atoms with Crippen LogP contribution in [0.15, 0.2) is 46.2 Å². The lowest BCUT2D eigenvalue weighted by Gasteiger charge is -2.12. The molecule has 2 aromatic carbocycles. The molecular weight excluding hydrogens is 372 g/mol. The van der Waals surface area contributed by atoms with Gasteiger partial charge in [0.25, 0.3) is 0 Å². The molecule has 26 heavy (non-hydrogen) atoms. The van der Waals surface area contributed by atoms with Gasteiger partial charge in [0, 0.05) is 21.2 Å². The van der Waals surface area contributed by atoms with E-state index in [0.717, 1.165) is 9.79 Å². The number of carboxylic acid groups (broad SMARTS) is 2.